The van der Waals surface area contributed by atoms with Crippen LogP contribution < -0.4 is 0 Å². The second-order valence-corrected chi connectivity index (χ2v) is 19.4. The molecule has 74 valence electrons. The Morgan fingerprint density at radius 3 is 2.43 bits per heavy atom. The Morgan fingerprint density at radius 1 is 1.07 bits per heavy atom. The van der Waals surface area contributed by atoms with Crippen molar-refractivity contribution in [1.82, 2.24) is 0 Å². The van der Waals surface area contributed by atoms with Gasteiger partial charge in [-0.05, 0) is 0 Å². The molecule has 0 amide bonds. The van der Waals surface area contributed by atoms with Crippen molar-refractivity contribution >= 4 is 18.4 Å². The van der Waals surface area contributed by atoms with Crippen molar-refractivity contribution in [3.05, 3.63) is 45.1 Å². The number of hydrogen-bond acceptors (Lipinski definition) is 0. The van der Waals surface area contributed by atoms with Crippen molar-refractivity contribution in [1.29, 1.82) is 0 Å². The normalized spacial score (nSPS) is 20.9. The fourth-order valence-electron chi connectivity index (χ4n) is 2.16. The molecule has 0 radical (unpaired) electrons. The molecule has 0 fully saturated rings. The summed E-state index contributed by atoms with van der Waals surface area (Å²) in [7, 11) is 0. The van der Waals surface area contributed by atoms with Crippen molar-refractivity contribution < 1.29 is 0 Å². The molecular formula is C13H18Sn. The van der Waals surface area contributed by atoms with E-state index >= 15 is 0 Å². The van der Waals surface area contributed by atoms with Gasteiger partial charge in [0.1, 0.15) is 0 Å². The van der Waals surface area contributed by atoms with Crippen LogP contribution in [0.2, 0.25) is 14.8 Å². The van der Waals surface area contributed by atoms with Gasteiger partial charge >= 0.3 is 91.2 Å². The third-order valence-corrected chi connectivity index (χ3v) is 8.81. The first-order valence-electron chi connectivity index (χ1n) is 5.36. The Balaban J connectivity index is 2.39. The molecule has 0 aromatic carbocycles. The Morgan fingerprint density at radius 2 is 1.86 bits per heavy atom. The molecule has 0 aromatic heterocycles. The molecule has 2 aliphatic carbocycles. The van der Waals surface area contributed by atoms with Gasteiger partial charge in [-0.25, -0.2) is 0 Å². The van der Waals surface area contributed by atoms with Gasteiger partial charge in [0.25, 0.3) is 0 Å². The summed E-state index contributed by atoms with van der Waals surface area (Å²) in [6.07, 6.45) is 13.9. The van der Waals surface area contributed by atoms with Gasteiger partial charge in [-0.1, -0.05) is 0 Å². The van der Waals surface area contributed by atoms with Crippen molar-refractivity contribution in [3.8, 4) is 0 Å². The van der Waals surface area contributed by atoms with Crippen molar-refractivity contribution in [2.45, 2.75) is 27.7 Å². The van der Waals surface area contributed by atoms with E-state index in [9.17, 15) is 0 Å². The van der Waals surface area contributed by atoms with Crippen LogP contribution in [-0.2, 0) is 0 Å². The van der Waals surface area contributed by atoms with E-state index in [1.807, 2.05) is 0 Å². The summed E-state index contributed by atoms with van der Waals surface area (Å²) in [4.78, 5) is 7.50. The quantitative estimate of drug-likeness (QED) is 0.675. The molecule has 0 aromatic rings. The molecule has 0 aliphatic heterocycles. The van der Waals surface area contributed by atoms with Crippen LogP contribution >= 0.6 is 0 Å². The van der Waals surface area contributed by atoms with Gasteiger partial charge in [0.05, 0.1) is 0 Å². The van der Waals surface area contributed by atoms with E-state index in [0.29, 0.717) is 0 Å². The molecule has 0 atom stereocenters. The zero-order chi connectivity index (χ0) is 10.2. The Bertz CT molecular complexity index is 359. The Labute approximate surface area is 91.0 Å². The standard InChI is InChI=1S/C10H9.3CH3.Sn/c1-2-6-9(5-1)10-7-3-4-8-10;;;;/h1-3,7-8H,4-5H2;3*1H3;. The summed E-state index contributed by atoms with van der Waals surface area (Å²) >= 11 is -1.86. The van der Waals surface area contributed by atoms with Gasteiger partial charge in [-0.3, -0.25) is 0 Å². The minimum atomic E-state index is -1.86. The summed E-state index contributed by atoms with van der Waals surface area (Å²) in [6, 6.07) is 0. The summed E-state index contributed by atoms with van der Waals surface area (Å²) < 4.78 is 1.72. The third-order valence-electron chi connectivity index (χ3n) is 2.86. The third kappa shape index (κ3) is 1.90. The van der Waals surface area contributed by atoms with Crippen LogP contribution in [-0.4, -0.2) is 18.4 Å². The number of hydrogen-bond donors (Lipinski definition) is 0. The maximum atomic E-state index is 2.50. The summed E-state index contributed by atoms with van der Waals surface area (Å²) in [5.41, 5.74) is 3.12. The zero-order valence-electron chi connectivity index (χ0n) is 9.30. The molecule has 2 rings (SSSR count). The van der Waals surface area contributed by atoms with Gasteiger partial charge < -0.3 is 0 Å². The van der Waals surface area contributed by atoms with Crippen molar-refractivity contribution in [3.63, 3.8) is 0 Å². The first-order valence-corrected chi connectivity index (χ1v) is 15.4. The van der Waals surface area contributed by atoms with E-state index < -0.39 is 18.4 Å². The summed E-state index contributed by atoms with van der Waals surface area (Å²) in [5.74, 6) is 0. The van der Waals surface area contributed by atoms with Crippen LogP contribution in [0.5, 0.6) is 0 Å². The van der Waals surface area contributed by atoms with E-state index in [2.05, 4.69) is 45.2 Å². The summed E-state index contributed by atoms with van der Waals surface area (Å²) in [6.45, 7) is 0. The van der Waals surface area contributed by atoms with Gasteiger partial charge in [0.15, 0.2) is 0 Å². The van der Waals surface area contributed by atoms with Crippen LogP contribution in [0.4, 0.5) is 0 Å². The molecule has 0 heterocycles. The molecule has 0 bridgehead atoms. The Hall–Kier alpha value is -0.241. The van der Waals surface area contributed by atoms with Gasteiger partial charge in [-0.15, -0.1) is 0 Å². The number of rotatable bonds is 2. The van der Waals surface area contributed by atoms with Crippen LogP contribution in [0.25, 0.3) is 0 Å². The fraction of sp³-hybridized carbons (Fsp3) is 0.385. The van der Waals surface area contributed by atoms with Gasteiger partial charge in [0, 0.05) is 0 Å². The molecular weight excluding hydrogens is 275 g/mol. The first kappa shape index (κ1) is 10.3. The predicted octanol–water partition coefficient (Wildman–Crippen LogP) is 4.01. The summed E-state index contributed by atoms with van der Waals surface area (Å²) in [5, 5.41) is 0. The van der Waals surface area contributed by atoms with E-state index in [-0.39, 0.29) is 0 Å². The van der Waals surface area contributed by atoms with Crippen LogP contribution in [0, 0.1) is 0 Å². The Kier molecular flexibility index (Phi) is 2.74. The van der Waals surface area contributed by atoms with Gasteiger partial charge in [-0.2, -0.15) is 0 Å². The zero-order valence-corrected chi connectivity index (χ0v) is 12.2. The van der Waals surface area contributed by atoms with E-state index in [0.717, 1.165) is 6.42 Å². The molecule has 0 unspecified atom stereocenters. The second-order valence-electron chi connectivity index (χ2n) is 5.05. The van der Waals surface area contributed by atoms with Crippen LogP contribution in [0.1, 0.15) is 12.8 Å². The maximum absolute atomic E-state index is 2.50. The fourth-order valence-corrected chi connectivity index (χ4v) is 7.21. The monoisotopic (exact) mass is 294 g/mol. The molecule has 2 aliphatic rings. The second kappa shape index (κ2) is 3.73. The van der Waals surface area contributed by atoms with Crippen molar-refractivity contribution in [2.24, 2.45) is 0 Å². The molecule has 0 spiro atoms. The topological polar surface area (TPSA) is 0 Å². The van der Waals surface area contributed by atoms with Crippen molar-refractivity contribution in [2.75, 3.05) is 0 Å². The SMILES string of the molecule is [CH3][Sn]([CH3])([CH3])[C]1=C(C2=CCC=C2)CC=C1. The molecule has 0 nitrogen and oxygen atoms in total. The molecule has 0 N–H and O–H groups in total. The molecule has 0 saturated heterocycles. The molecule has 14 heavy (non-hydrogen) atoms. The predicted molar refractivity (Wildman–Crippen MR) is 66.0 cm³/mol. The van der Waals surface area contributed by atoms with Gasteiger partial charge in [0.2, 0.25) is 0 Å². The average molecular weight is 293 g/mol. The molecule has 0 saturated carbocycles. The van der Waals surface area contributed by atoms with E-state index in [1.165, 1.54) is 12.0 Å². The van der Waals surface area contributed by atoms with E-state index in [1.54, 1.807) is 9.16 Å². The van der Waals surface area contributed by atoms with E-state index in [4.69, 9.17) is 0 Å². The first-order chi connectivity index (χ1) is 6.59. The average Bonchev–Trinajstić information content (AvgIpc) is 2.73. The van der Waals surface area contributed by atoms with Crippen LogP contribution in [0.3, 0.4) is 0 Å². The minimum absolute atomic E-state index is 1.13. The van der Waals surface area contributed by atoms with Crippen LogP contribution in [0.15, 0.2) is 45.1 Å². The molecule has 1 heteroatoms. The number of allylic oxidation sites excluding steroid dienone is 8.